The lowest BCUT2D eigenvalue weighted by molar-refractivity contribution is -0.126. The van der Waals surface area contributed by atoms with Crippen LogP contribution in [0.15, 0.2) is 0 Å². The van der Waals surface area contributed by atoms with Crippen LogP contribution in [0.5, 0.6) is 0 Å². The summed E-state index contributed by atoms with van der Waals surface area (Å²) in [5, 5.41) is 11.7. The Morgan fingerprint density at radius 3 is 2.35 bits per heavy atom. The number of hydrogen-bond acceptors (Lipinski definition) is 2. The predicted molar refractivity (Wildman–Crippen MR) is 57.2 cm³/mol. The van der Waals surface area contributed by atoms with E-state index in [0.29, 0.717) is 19.3 Å². The molecule has 0 aromatic rings. The van der Waals surface area contributed by atoms with Gasteiger partial charge in [0.2, 0.25) is 11.8 Å². The van der Waals surface area contributed by atoms with Gasteiger partial charge in [-0.1, -0.05) is 6.92 Å². The van der Waals surface area contributed by atoms with E-state index in [0.717, 1.165) is 0 Å². The zero-order chi connectivity index (χ0) is 12.7. The van der Waals surface area contributed by atoms with Gasteiger partial charge in [0.05, 0.1) is 6.07 Å². The molecule has 1 amide bonds. The van der Waals surface area contributed by atoms with Gasteiger partial charge in [0.25, 0.3) is 0 Å². The molecule has 1 N–H and O–H groups in total. The molecule has 0 saturated heterocycles. The minimum atomic E-state index is -2.58. The first-order valence-corrected chi connectivity index (χ1v) is 6.00. The van der Waals surface area contributed by atoms with Crippen molar-refractivity contribution in [3.63, 3.8) is 0 Å². The van der Waals surface area contributed by atoms with Crippen molar-refractivity contribution < 1.29 is 13.6 Å². The molecule has 0 spiro atoms. The van der Waals surface area contributed by atoms with Gasteiger partial charge in [-0.25, -0.2) is 8.78 Å². The lowest BCUT2D eigenvalue weighted by Crippen LogP contribution is -2.43. The summed E-state index contributed by atoms with van der Waals surface area (Å²) >= 11 is 0. The number of carbonyl (C=O) groups is 1. The minimum Gasteiger partial charge on any atom is -0.352 e. The molecule has 2 saturated carbocycles. The van der Waals surface area contributed by atoms with Crippen LogP contribution in [0.3, 0.4) is 0 Å². The third-order valence-electron chi connectivity index (χ3n) is 3.97. The van der Waals surface area contributed by atoms with Crippen molar-refractivity contribution in [2.45, 2.75) is 51.0 Å². The van der Waals surface area contributed by atoms with Gasteiger partial charge in [0, 0.05) is 18.9 Å². The first-order valence-electron chi connectivity index (χ1n) is 6.00. The van der Waals surface area contributed by atoms with Crippen molar-refractivity contribution >= 4 is 5.91 Å². The Kier molecular flexibility index (Phi) is 2.84. The summed E-state index contributed by atoms with van der Waals surface area (Å²) in [5.74, 6) is -2.78. The number of rotatable bonds is 2. The highest BCUT2D eigenvalue weighted by atomic mass is 19.3. The Morgan fingerprint density at radius 2 is 1.94 bits per heavy atom. The Labute approximate surface area is 99.2 Å². The molecule has 2 aliphatic carbocycles. The maximum atomic E-state index is 12.9. The summed E-state index contributed by atoms with van der Waals surface area (Å²) in [4.78, 5) is 11.9. The molecule has 2 atom stereocenters. The molecule has 0 radical (unpaired) electrons. The highest BCUT2D eigenvalue weighted by Gasteiger charge is 2.58. The first kappa shape index (κ1) is 12.3. The van der Waals surface area contributed by atoms with E-state index in [2.05, 4.69) is 5.32 Å². The van der Waals surface area contributed by atoms with Gasteiger partial charge in [-0.3, -0.25) is 4.79 Å². The van der Waals surface area contributed by atoms with Crippen LogP contribution in [0.1, 0.15) is 39.0 Å². The van der Waals surface area contributed by atoms with Gasteiger partial charge < -0.3 is 5.32 Å². The van der Waals surface area contributed by atoms with E-state index in [1.165, 1.54) is 0 Å². The minimum absolute atomic E-state index is 0.0810. The summed E-state index contributed by atoms with van der Waals surface area (Å²) in [7, 11) is 0. The van der Waals surface area contributed by atoms with E-state index in [9.17, 15) is 13.6 Å². The standard InChI is InChI=1S/C12H16F2N2O/c1-8-6-11(8,7-15)10(17)16-9-2-4-12(13,14)5-3-9/h8-9H,2-6H2,1H3,(H,16,17). The Hall–Kier alpha value is -1.18. The lowest BCUT2D eigenvalue weighted by atomic mass is 9.91. The molecule has 0 bridgehead atoms. The molecule has 2 fully saturated rings. The lowest BCUT2D eigenvalue weighted by Gasteiger charge is -2.29. The summed E-state index contributed by atoms with van der Waals surface area (Å²) in [6.45, 7) is 1.86. The summed E-state index contributed by atoms with van der Waals surface area (Å²) < 4.78 is 25.8. The van der Waals surface area contributed by atoms with Gasteiger partial charge in [0.15, 0.2) is 0 Å². The van der Waals surface area contributed by atoms with Crippen molar-refractivity contribution in [2.75, 3.05) is 0 Å². The largest absolute Gasteiger partial charge is 0.352 e. The second kappa shape index (κ2) is 3.94. The van der Waals surface area contributed by atoms with Crippen LogP contribution in [-0.2, 0) is 4.79 Å². The molecule has 94 valence electrons. The summed E-state index contributed by atoms with van der Waals surface area (Å²) in [5.41, 5.74) is -0.889. The van der Waals surface area contributed by atoms with Crippen molar-refractivity contribution in [3.05, 3.63) is 0 Å². The fourth-order valence-electron chi connectivity index (χ4n) is 2.45. The van der Waals surface area contributed by atoms with Gasteiger partial charge in [-0.05, 0) is 25.2 Å². The van der Waals surface area contributed by atoms with Gasteiger partial charge in [-0.2, -0.15) is 5.26 Å². The fourth-order valence-corrected chi connectivity index (χ4v) is 2.45. The highest BCUT2D eigenvalue weighted by Crippen LogP contribution is 2.52. The average Bonchev–Trinajstić information content (AvgIpc) is 2.94. The quantitative estimate of drug-likeness (QED) is 0.807. The first-order chi connectivity index (χ1) is 7.89. The molecule has 0 aromatic carbocycles. The topological polar surface area (TPSA) is 52.9 Å². The summed E-state index contributed by atoms with van der Waals surface area (Å²) in [6, 6.07) is 1.85. The third kappa shape index (κ3) is 2.26. The van der Waals surface area contributed by atoms with Crippen molar-refractivity contribution in [2.24, 2.45) is 11.3 Å². The molecular weight excluding hydrogens is 226 g/mol. The third-order valence-corrected chi connectivity index (χ3v) is 3.97. The molecule has 3 nitrogen and oxygen atoms in total. The highest BCUT2D eigenvalue weighted by molar-refractivity contribution is 5.89. The molecular formula is C12H16F2N2O. The molecule has 0 aromatic heterocycles. The van der Waals surface area contributed by atoms with Crippen LogP contribution in [0.4, 0.5) is 8.78 Å². The van der Waals surface area contributed by atoms with Gasteiger partial charge in [0.1, 0.15) is 5.41 Å². The average molecular weight is 242 g/mol. The van der Waals surface area contributed by atoms with E-state index < -0.39 is 11.3 Å². The van der Waals surface area contributed by atoms with Gasteiger partial charge in [-0.15, -0.1) is 0 Å². The van der Waals surface area contributed by atoms with Crippen molar-refractivity contribution in [3.8, 4) is 6.07 Å². The second-order valence-electron chi connectivity index (χ2n) is 5.29. The zero-order valence-corrected chi connectivity index (χ0v) is 9.80. The number of halogens is 2. The fraction of sp³-hybridized carbons (Fsp3) is 0.833. The van der Waals surface area contributed by atoms with Crippen molar-refractivity contribution in [1.29, 1.82) is 5.26 Å². The van der Waals surface area contributed by atoms with Gasteiger partial charge >= 0.3 is 0 Å². The van der Waals surface area contributed by atoms with Crippen LogP contribution in [-0.4, -0.2) is 17.9 Å². The smallest absolute Gasteiger partial charge is 0.248 e. The van der Waals surface area contributed by atoms with Crippen molar-refractivity contribution in [1.82, 2.24) is 5.32 Å². The van der Waals surface area contributed by atoms with Crippen LogP contribution in [0.2, 0.25) is 0 Å². The Morgan fingerprint density at radius 1 is 1.41 bits per heavy atom. The van der Waals surface area contributed by atoms with E-state index in [4.69, 9.17) is 5.26 Å². The van der Waals surface area contributed by atoms with Crippen LogP contribution in [0, 0.1) is 22.7 Å². The predicted octanol–water partition coefficient (Wildman–Crippen LogP) is 2.23. The van der Waals surface area contributed by atoms with E-state index in [1.54, 1.807) is 0 Å². The maximum absolute atomic E-state index is 12.9. The van der Waals surface area contributed by atoms with E-state index >= 15 is 0 Å². The van der Waals surface area contributed by atoms with E-state index in [-0.39, 0.29) is 30.7 Å². The second-order valence-corrected chi connectivity index (χ2v) is 5.29. The van der Waals surface area contributed by atoms with Crippen LogP contribution >= 0.6 is 0 Å². The SMILES string of the molecule is CC1CC1(C#N)C(=O)NC1CCC(F)(F)CC1. The molecule has 17 heavy (non-hydrogen) atoms. The number of nitriles is 1. The maximum Gasteiger partial charge on any atom is 0.248 e. The Balaban J connectivity index is 1.87. The number of carbonyl (C=O) groups excluding carboxylic acids is 1. The van der Waals surface area contributed by atoms with Crippen LogP contribution < -0.4 is 5.32 Å². The molecule has 2 unspecified atom stereocenters. The normalized spacial score (nSPS) is 36.0. The number of amides is 1. The molecule has 0 heterocycles. The molecule has 0 aliphatic heterocycles. The number of alkyl halides is 2. The molecule has 2 rings (SSSR count). The molecule has 5 heteroatoms. The number of hydrogen-bond donors (Lipinski definition) is 1. The zero-order valence-electron chi connectivity index (χ0n) is 9.80. The monoisotopic (exact) mass is 242 g/mol. The molecule has 2 aliphatic rings. The number of nitrogens with zero attached hydrogens (tertiary/aromatic N) is 1. The Bertz CT molecular complexity index is 367. The summed E-state index contributed by atoms with van der Waals surface area (Å²) in [6.07, 6.45) is 0.835. The number of nitrogens with one attached hydrogen (secondary N) is 1. The van der Waals surface area contributed by atoms with Crippen LogP contribution in [0.25, 0.3) is 0 Å². The van der Waals surface area contributed by atoms with E-state index in [1.807, 2.05) is 13.0 Å².